The highest BCUT2D eigenvalue weighted by molar-refractivity contribution is 5.95. The highest BCUT2D eigenvalue weighted by Crippen LogP contribution is 2.23. The van der Waals surface area contributed by atoms with Crippen molar-refractivity contribution in [3.8, 4) is 0 Å². The molecule has 2 N–H and O–H groups in total. The topological polar surface area (TPSA) is 41.1 Å². The van der Waals surface area contributed by atoms with Crippen LogP contribution in [0.2, 0.25) is 0 Å². The fourth-order valence-corrected chi connectivity index (χ4v) is 1.98. The first-order chi connectivity index (χ1) is 9.22. The minimum atomic E-state index is -0.286. The van der Waals surface area contributed by atoms with Gasteiger partial charge < -0.3 is 10.6 Å². The van der Waals surface area contributed by atoms with Crippen LogP contribution in [0.15, 0.2) is 55.1 Å². The largest absolute Gasteiger partial charge is 0.373 e. The van der Waals surface area contributed by atoms with Crippen molar-refractivity contribution in [2.24, 2.45) is 0 Å². The second kappa shape index (κ2) is 6.05. The van der Waals surface area contributed by atoms with Crippen LogP contribution in [0, 0.1) is 0 Å². The van der Waals surface area contributed by atoms with Gasteiger partial charge in [-0.25, -0.2) is 0 Å². The predicted octanol–water partition coefficient (Wildman–Crippen LogP) is 2.94. The predicted molar refractivity (Wildman–Crippen MR) is 80.2 cm³/mol. The number of carbonyl (C=O) groups excluding carboxylic acids is 1. The molecule has 3 heteroatoms. The molecule has 1 atom stereocenters. The summed E-state index contributed by atoms with van der Waals surface area (Å²) in [5.41, 5.74) is 0.972. The minimum absolute atomic E-state index is 0.0344. The van der Waals surface area contributed by atoms with E-state index in [0.717, 1.165) is 16.5 Å². The van der Waals surface area contributed by atoms with E-state index in [1.807, 2.05) is 37.3 Å². The molecule has 19 heavy (non-hydrogen) atoms. The number of hydrogen-bond acceptors (Lipinski definition) is 2. The lowest BCUT2D eigenvalue weighted by Crippen LogP contribution is -2.37. The summed E-state index contributed by atoms with van der Waals surface area (Å²) in [7, 11) is 0. The molecule has 3 nitrogen and oxygen atoms in total. The summed E-state index contributed by atoms with van der Waals surface area (Å²) in [5.74, 6) is -0.0344. The first-order valence-corrected chi connectivity index (χ1v) is 6.35. The highest BCUT2D eigenvalue weighted by atomic mass is 16.2. The van der Waals surface area contributed by atoms with E-state index in [-0.39, 0.29) is 11.9 Å². The Balaban J connectivity index is 2.17. The average Bonchev–Trinajstić information content (AvgIpc) is 2.45. The van der Waals surface area contributed by atoms with Crippen LogP contribution in [-0.4, -0.2) is 18.5 Å². The standard InChI is InChI=1S/C16H18N2O/c1-3-11-17-16(19)12(2)18-15-10-6-8-13-7-4-5-9-14(13)15/h3-10,12,18H,1,11H2,2H3,(H,17,19). The molecule has 2 rings (SSSR count). The number of amides is 1. The van der Waals surface area contributed by atoms with Gasteiger partial charge in [0.1, 0.15) is 6.04 Å². The minimum Gasteiger partial charge on any atom is -0.373 e. The van der Waals surface area contributed by atoms with Gasteiger partial charge in [-0.1, -0.05) is 42.5 Å². The van der Waals surface area contributed by atoms with E-state index >= 15 is 0 Å². The van der Waals surface area contributed by atoms with Crippen LogP contribution in [0.25, 0.3) is 10.8 Å². The van der Waals surface area contributed by atoms with Crippen molar-refractivity contribution < 1.29 is 4.79 Å². The Kier molecular flexibility index (Phi) is 4.18. The molecule has 2 aromatic rings. The summed E-state index contributed by atoms with van der Waals surface area (Å²) in [5, 5.41) is 8.31. The van der Waals surface area contributed by atoms with Crippen molar-refractivity contribution in [3.05, 3.63) is 55.1 Å². The molecule has 0 aromatic heterocycles. The number of anilines is 1. The van der Waals surface area contributed by atoms with E-state index in [1.54, 1.807) is 6.08 Å². The summed E-state index contributed by atoms with van der Waals surface area (Å²) in [6, 6.07) is 13.9. The van der Waals surface area contributed by atoms with Crippen molar-refractivity contribution >= 4 is 22.4 Å². The molecule has 0 bridgehead atoms. The molecular formula is C16H18N2O. The van der Waals surface area contributed by atoms with Crippen LogP contribution >= 0.6 is 0 Å². The molecule has 0 fully saturated rings. The first-order valence-electron chi connectivity index (χ1n) is 6.35. The maximum Gasteiger partial charge on any atom is 0.242 e. The number of rotatable bonds is 5. The zero-order valence-electron chi connectivity index (χ0n) is 11.0. The molecule has 0 spiro atoms. The molecule has 0 saturated heterocycles. The third-order valence-electron chi connectivity index (χ3n) is 2.98. The van der Waals surface area contributed by atoms with Crippen molar-refractivity contribution in [1.82, 2.24) is 5.32 Å². The van der Waals surface area contributed by atoms with E-state index in [1.165, 1.54) is 0 Å². The Morgan fingerprint density at radius 1 is 1.26 bits per heavy atom. The number of benzene rings is 2. The Morgan fingerprint density at radius 3 is 2.79 bits per heavy atom. The van der Waals surface area contributed by atoms with E-state index in [9.17, 15) is 4.79 Å². The first kappa shape index (κ1) is 13.1. The van der Waals surface area contributed by atoms with Gasteiger partial charge in [0, 0.05) is 17.6 Å². The Hall–Kier alpha value is -2.29. The lowest BCUT2D eigenvalue weighted by Gasteiger charge is -2.16. The fourth-order valence-electron chi connectivity index (χ4n) is 1.98. The van der Waals surface area contributed by atoms with Crippen LogP contribution in [0.4, 0.5) is 5.69 Å². The van der Waals surface area contributed by atoms with Gasteiger partial charge in [0.15, 0.2) is 0 Å². The molecule has 0 aliphatic heterocycles. The molecule has 1 amide bonds. The molecule has 0 heterocycles. The second-order valence-electron chi connectivity index (χ2n) is 4.43. The SMILES string of the molecule is C=CCNC(=O)C(C)Nc1cccc2ccccc12. The zero-order chi connectivity index (χ0) is 13.7. The molecular weight excluding hydrogens is 236 g/mol. The van der Waals surface area contributed by atoms with Crippen LogP contribution < -0.4 is 10.6 Å². The fraction of sp³-hybridized carbons (Fsp3) is 0.188. The van der Waals surface area contributed by atoms with Gasteiger partial charge in [-0.05, 0) is 18.4 Å². The van der Waals surface area contributed by atoms with E-state index < -0.39 is 0 Å². The van der Waals surface area contributed by atoms with Gasteiger partial charge in [-0.3, -0.25) is 4.79 Å². The monoisotopic (exact) mass is 254 g/mol. The van der Waals surface area contributed by atoms with Gasteiger partial charge in [0.05, 0.1) is 0 Å². The molecule has 0 saturated carbocycles. The summed E-state index contributed by atoms with van der Waals surface area (Å²) >= 11 is 0. The van der Waals surface area contributed by atoms with Crippen molar-refractivity contribution in [2.45, 2.75) is 13.0 Å². The number of hydrogen-bond donors (Lipinski definition) is 2. The molecule has 1 unspecified atom stereocenters. The summed E-state index contributed by atoms with van der Waals surface area (Å²) in [6.45, 7) is 5.92. The van der Waals surface area contributed by atoms with Gasteiger partial charge in [0.25, 0.3) is 0 Å². The third kappa shape index (κ3) is 3.13. The molecule has 2 aromatic carbocycles. The maximum atomic E-state index is 11.8. The van der Waals surface area contributed by atoms with E-state index in [4.69, 9.17) is 0 Å². The second-order valence-corrected chi connectivity index (χ2v) is 4.43. The van der Waals surface area contributed by atoms with E-state index in [2.05, 4.69) is 29.3 Å². The van der Waals surface area contributed by atoms with Crippen LogP contribution in [0.5, 0.6) is 0 Å². The molecule has 0 radical (unpaired) electrons. The Labute approximate surface area is 113 Å². The zero-order valence-corrected chi connectivity index (χ0v) is 11.0. The van der Waals surface area contributed by atoms with Crippen LogP contribution in [0.3, 0.4) is 0 Å². The lowest BCUT2D eigenvalue weighted by atomic mass is 10.1. The maximum absolute atomic E-state index is 11.8. The average molecular weight is 254 g/mol. The van der Waals surface area contributed by atoms with Crippen molar-refractivity contribution in [3.63, 3.8) is 0 Å². The number of carbonyl (C=O) groups is 1. The van der Waals surface area contributed by atoms with Gasteiger partial charge >= 0.3 is 0 Å². The Morgan fingerprint density at radius 2 is 2.00 bits per heavy atom. The smallest absolute Gasteiger partial charge is 0.242 e. The molecule has 0 aliphatic carbocycles. The Bertz CT molecular complexity index is 587. The van der Waals surface area contributed by atoms with Crippen LogP contribution in [0.1, 0.15) is 6.92 Å². The molecule has 0 aliphatic rings. The summed E-state index contributed by atoms with van der Waals surface area (Å²) in [6.07, 6.45) is 1.67. The molecule has 98 valence electrons. The number of nitrogens with one attached hydrogen (secondary N) is 2. The van der Waals surface area contributed by atoms with E-state index in [0.29, 0.717) is 6.54 Å². The summed E-state index contributed by atoms with van der Waals surface area (Å²) in [4.78, 5) is 11.8. The normalized spacial score (nSPS) is 11.8. The third-order valence-corrected chi connectivity index (χ3v) is 2.98. The summed E-state index contributed by atoms with van der Waals surface area (Å²) < 4.78 is 0. The van der Waals surface area contributed by atoms with Crippen LogP contribution in [-0.2, 0) is 4.79 Å². The lowest BCUT2D eigenvalue weighted by molar-refractivity contribution is -0.121. The quantitative estimate of drug-likeness (QED) is 0.805. The van der Waals surface area contributed by atoms with Crippen molar-refractivity contribution in [1.29, 1.82) is 0 Å². The number of fused-ring (bicyclic) bond motifs is 1. The van der Waals surface area contributed by atoms with Crippen molar-refractivity contribution in [2.75, 3.05) is 11.9 Å². The van der Waals surface area contributed by atoms with Gasteiger partial charge in [0.2, 0.25) is 5.91 Å². The van der Waals surface area contributed by atoms with Gasteiger partial charge in [-0.15, -0.1) is 6.58 Å². The van der Waals surface area contributed by atoms with Gasteiger partial charge in [-0.2, -0.15) is 0 Å². The highest BCUT2D eigenvalue weighted by Gasteiger charge is 2.12.